The Morgan fingerprint density at radius 3 is 2.10 bits per heavy atom. The van der Waals surface area contributed by atoms with E-state index in [1.807, 2.05) is 24.3 Å². The van der Waals surface area contributed by atoms with Crippen molar-refractivity contribution in [2.24, 2.45) is 0 Å². The number of carbonyl (C=O) groups is 2. The van der Waals surface area contributed by atoms with E-state index >= 15 is 0 Å². The highest BCUT2D eigenvalue weighted by molar-refractivity contribution is 7.21. The van der Waals surface area contributed by atoms with Gasteiger partial charge in [0.1, 0.15) is 4.88 Å². The van der Waals surface area contributed by atoms with Crippen LogP contribution < -0.4 is 5.32 Å². The Balaban J connectivity index is 1.76. The number of halogens is 1. The normalized spacial score (nSPS) is 13.0. The molecule has 1 heterocycles. The van der Waals surface area contributed by atoms with Crippen molar-refractivity contribution >= 4 is 44.7 Å². The summed E-state index contributed by atoms with van der Waals surface area (Å²) in [6.07, 6.45) is 0. The predicted octanol–water partition coefficient (Wildman–Crippen LogP) is 5.01. The van der Waals surface area contributed by atoms with Crippen LogP contribution in [0.5, 0.6) is 0 Å². The molecule has 6 heteroatoms. The summed E-state index contributed by atoms with van der Waals surface area (Å²) >= 11 is 7.62. The third-order valence-electron chi connectivity index (χ3n) is 4.59. The zero-order chi connectivity index (χ0) is 20.4. The molecule has 0 aliphatic rings. The van der Waals surface area contributed by atoms with Crippen LogP contribution in [-0.2, 0) is 5.72 Å². The van der Waals surface area contributed by atoms with Gasteiger partial charge in [-0.3, -0.25) is 9.59 Å². The first-order valence-corrected chi connectivity index (χ1v) is 10.1. The van der Waals surface area contributed by atoms with Crippen molar-refractivity contribution in [2.75, 3.05) is 0 Å². The van der Waals surface area contributed by atoms with Gasteiger partial charge in [-0.05, 0) is 6.07 Å². The van der Waals surface area contributed by atoms with Crippen LogP contribution in [-0.4, -0.2) is 16.8 Å². The van der Waals surface area contributed by atoms with Crippen molar-refractivity contribution in [1.82, 2.24) is 5.32 Å². The predicted molar refractivity (Wildman–Crippen MR) is 115 cm³/mol. The number of hydrogen-bond donors (Lipinski definition) is 2. The van der Waals surface area contributed by atoms with Gasteiger partial charge in [0.05, 0.1) is 5.02 Å². The molecule has 0 saturated carbocycles. The summed E-state index contributed by atoms with van der Waals surface area (Å²) in [6.45, 7) is 0. The molecule has 0 aliphatic carbocycles. The van der Waals surface area contributed by atoms with Crippen LogP contribution >= 0.6 is 22.9 Å². The van der Waals surface area contributed by atoms with Crippen LogP contribution in [0, 0.1) is 0 Å². The van der Waals surface area contributed by atoms with E-state index in [2.05, 4.69) is 5.32 Å². The van der Waals surface area contributed by atoms with Gasteiger partial charge in [-0.1, -0.05) is 90.5 Å². The third kappa shape index (κ3) is 3.56. The molecule has 29 heavy (non-hydrogen) atoms. The van der Waals surface area contributed by atoms with E-state index in [-0.39, 0.29) is 16.0 Å². The molecule has 4 rings (SSSR count). The van der Waals surface area contributed by atoms with E-state index in [4.69, 9.17) is 11.6 Å². The maximum Gasteiger partial charge on any atom is 0.265 e. The Labute approximate surface area is 176 Å². The molecule has 0 fully saturated rings. The Bertz CT molecular complexity index is 1190. The summed E-state index contributed by atoms with van der Waals surface area (Å²) < 4.78 is 0.847. The molecule has 0 aliphatic heterocycles. The molecular weight excluding hydrogens is 406 g/mol. The fourth-order valence-electron chi connectivity index (χ4n) is 3.12. The van der Waals surface area contributed by atoms with Gasteiger partial charge in [0.15, 0.2) is 0 Å². The maximum atomic E-state index is 13.2. The number of benzene rings is 3. The topological polar surface area (TPSA) is 66.4 Å². The Hall–Kier alpha value is -2.99. The van der Waals surface area contributed by atoms with Crippen LogP contribution in [0.1, 0.15) is 25.6 Å². The number of carbonyl (C=O) groups excluding carboxylic acids is 2. The minimum atomic E-state index is -2.24. The van der Waals surface area contributed by atoms with Crippen molar-refractivity contribution in [2.45, 2.75) is 5.72 Å². The molecule has 4 nitrogen and oxygen atoms in total. The average Bonchev–Trinajstić information content (AvgIpc) is 3.11. The molecule has 0 spiro atoms. The number of fused-ring (bicyclic) bond motifs is 1. The molecule has 2 N–H and O–H groups in total. The summed E-state index contributed by atoms with van der Waals surface area (Å²) in [6, 6.07) is 24.1. The zero-order valence-corrected chi connectivity index (χ0v) is 16.7. The molecule has 3 aromatic carbocycles. The van der Waals surface area contributed by atoms with Gasteiger partial charge < -0.3 is 10.4 Å². The van der Waals surface area contributed by atoms with E-state index in [9.17, 15) is 14.7 Å². The molecule has 1 amide bonds. The van der Waals surface area contributed by atoms with Gasteiger partial charge in [0.25, 0.3) is 5.91 Å². The number of hydrogen-bond acceptors (Lipinski definition) is 4. The number of rotatable bonds is 5. The highest BCUT2D eigenvalue weighted by Crippen LogP contribution is 2.36. The standard InChI is InChI=1S/C23H16ClNO3S/c24-19-17-13-7-8-14-18(17)29-20(19)22(27)25-23(28,16-11-5-2-6-12-16)21(26)15-9-3-1-4-10-15/h1-14,28H,(H,25,27). The lowest BCUT2D eigenvalue weighted by Gasteiger charge is -2.28. The number of ketones is 1. The van der Waals surface area contributed by atoms with E-state index in [1.165, 1.54) is 11.3 Å². The summed E-state index contributed by atoms with van der Waals surface area (Å²) in [4.78, 5) is 26.5. The Morgan fingerprint density at radius 2 is 1.45 bits per heavy atom. The van der Waals surface area contributed by atoms with Gasteiger partial charge in [-0.15, -0.1) is 11.3 Å². The number of thiophene rings is 1. The van der Waals surface area contributed by atoms with Crippen molar-refractivity contribution in [3.8, 4) is 0 Å². The SMILES string of the molecule is O=C(NC(O)(C(=O)c1ccccc1)c1ccccc1)c1sc2ccccc2c1Cl. The van der Waals surface area contributed by atoms with Crippen LogP contribution in [0.3, 0.4) is 0 Å². The molecule has 4 aromatic rings. The van der Waals surface area contributed by atoms with Gasteiger partial charge in [-0.2, -0.15) is 0 Å². The number of nitrogens with one attached hydrogen (secondary N) is 1. The fourth-order valence-corrected chi connectivity index (χ4v) is 4.53. The molecule has 1 atom stereocenters. The van der Waals surface area contributed by atoms with E-state index in [1.54, 1.807) is 60.7 Å². The van der Waals surface area contributed by atoms with Gasteiger partial charge in [0.2, 0.25) is 11.5 Å². The first-order chi connectivity index (χ1) is 14.0. The van der Waals surface area contributed by atoms with Crippen molar-refractivity contribution in [1.29, 1.82) is 0 Å². The number of aliphatic hydroxyl groups is 1. The lowest BCUT2D eigenvalue weighted by molar-refractivity contribution is 0.0104. The average molecular weight is 422 g/mol. The smallest absolute Gasteiger partial charge is 0.265 e. The molecule has 0 radical (unpaired) electrons. The van der Waals surface area contributed by atoms with E-state index in [0.29, 0.717) is 5.02 Å². The summed E-state index contributed by atoms with van der Waals surface area (Å²) in [5.41, 5.74) is -1.69. The van der Waals surface area contributed by atoms with Crippen molar-refractivity contribution < 1.29 is 14.7 Å². The molecular formula is C23H16ClNO3S. The molecule has 1 unspecified atom stereocenters. The zero-order valence-electron chi connectivity index (χ0n) is 15.1. The quantitative estimate of drug-likeness (QED) is 0.351. The Morgan fingerprint density at radius 1 is 0.862 bits per heavy atom. The van der Waals surface area contributed by atoms with E-state index < -0.39 is 17.4 Å². The van der Waals surface area contributed by atoms with Crippen LogP contribution in [0.2, 0.25) is 5.02 Å². The molecule has 1 aromatic heterocycles. The maximum absolute atomic E-state index is 13.2. The minimum Gasteiger partial charge on any atom is -0.361 e. The Kier molecular flexibility index (Phi) is 5.20. The summed E-state index contributed by atoms with van der Waals surface area (Å²) in [5.74, 6) is -1.25. The number of Topliss-reactive ketones (excluding diaryl/α,β-unsaturated/α-hetero) is 1. The van der Waals surface area contributed by atoms with Gasteiger partial charge >= 0.3 is 0 Å². The minimum absolute atomic E-state index is 0.239. The van der Waals surface area contributed by atoms with E-state index in [0.717, 1.165) is 10.1 Å². The summed E-state index contributed by atoms with van der Waals surface area (Å²) in [5, 5.41) is 14.9. The molecule has 0 bridgehead atoms. The highest BCUT2D eigenvalue weighted by Gasteiger charge is 2.41. The monoisotopic (exact) mass is 421 g/mol. The third-order valence-corrected chi connectivity index (χ3v) is 6.27. The largest absolute Gasteiger partial charge is 0.361 e. The lowest BCUT2D eigenvalue weighted by atomic mass is 9.93. The number of amides is 1. The van der Waals surface area contributed by atoms with Gasteiger partial charge in [-0.25, -0.2) is 0 Å². The molecule has 144 valence electrons. The lowest BCUT2D eigenvalue weighted by Crippen LogP contribution is -2.51. The highest BCUT2D eigenvalue weighted by atomic mass is 35.5. The van der Waals surface area contributed by atoms with Crippen LogP contribution in [0.25, 0.3) is 10.1 Å². The van der Waals surface area contributed by atoms with Crippen molar-refractivity contribution in [3.63, 3.8) is 0 Å². The first kappa shape index (κ1) is 19.3. The van der Waals surface area contributed by atoms with Gasteiger partial charge in [0, 0.05) is 21.2 Å². The molecule has 0 saturated heterocycles. The second-order valence-corrected chi connectivity index (χ2v) is 7.90. The fraction of sp³-hybridized carbons (Fsp3) is 0.0435. The van der Waals surface area contributed by atoms with Crippen LogP contribution in [0.4, 0.5) is 0 Å². The van der Waals surface area contributed by atoms with Crippen LogP contribution in [0.15, 0.2) is 84.9 Å². The second kappa shape index (κ2) is 7.79. The first-order valence-electron chi connectivity index (χ1n) is 8.88. The van der Waals surface area contributed by atoms with Crippen molar-refractivity contribution in [3.05, 3.63) is 106 Å². The summed E-state index contributed by atoms with van der Waals surface area (Å²) in [7, 11) is 0. The second-order valence-electron chi connectivity index (χ2n) is 6.47.